The summed E-state index contributed by atoms with van der Waals surface area (Å²) in [6, 6.07) is 11.9. The Morgan fingerprint density at radius 1 is 0.973 bits per heavy atom. The number of nitrogens with two attached hydrogens (primary N) is 1. The van der Waals surface area contributed by atoms with E-state index in [-0.39, 0.29) is 29.5 Å². The van der Waals surface area contributed by atoms with E-state index in [0.717, 1.165) is 55.2 Å². The van der Waals surface area contributed by atoms with Crippen molar-refractivity contribution < 1.29 is 9.59 Å². The number of hydrogen-bond acceptors (Lipinski definition) is 4. The number of aromatic nitrogens is 1. The number of nitrogens with zero attached hydrogens (tertiary/aromatic N) is 2. The highest BCUT2D eigenvalue weighted by molar-refractivity contribution is 6.07. The van der Waals surface area contributed by atoms with Crippen molar-refractivity contribution in [2.45, 2.75) is 64.1 Å². The standard InChI is InChI=1S/C30H34N4O3/c1-18-2-5-21(28(35)32-23-7-8-23)15-25(18)20-6-9-24-26(14-20)27(17-34(29(24)36)16-19-3-4-19)30(37)33-12-10-22(31)11-13-33/h2,5-6,9,14-15,17,19,22-23H,3-4,7-8,10-13,16,31H2,1H3,(H,32,35). The van der Waals surface area contributed by atoms with E-state index in [2.05, 4.69) is 5.32 Å². The fourth-order valence-electron chi connectivity index (χ4n) is 5.29. The number of benzene rings is 2. The van der Waals surface area contributed by atoms with Crippen LogP contribution in [-0.2, 0) is 6.54 Å². The summed E-state index contributed by atoms with van der Waals surface area (Å²) in [6.45, 7) is 3.91. The van der Waals surface area contributed by atoms with E-state index in [1.165, 1.54) is 0 Å². The summed E-state index contributed by atoms with van der Waals surface area (Å²) in [5, 5.41) is 4.28. The summed E-state index contributed by atoms with van der Waals surface area (Å²) >= 11 is 0. The van der Waals surface area contributed by atoms with Crippen LogP contribution < -0.4 is 16.6 Å². The number of fused-ring (bicyclic) bond motifs is 1. The monoisotopic (exact) mass is 498 g/mol. The van der Waals surface area contributed by atoms with Crippen LogP contribution in [0.3, 0.4) is 0 Å². The molecule has 192 valence electrons. The van der Waals surface area contributed by atoms with Crippen molar-refractivity contribution >= 4 is 22.6 Å². The Bertz CT molecular complexity index is 1440. The Morgan fingerprint density at radius 3 is 2.43 bits per heavy atom. The van der Waals surface area contributed by atoms with Gasteiger partial charge in [0.05, 0.1) is 5.56 Å². The van der Waals surface area contributed by atoms with Gasteiger partial charge < -0.3 is 20.5 Å². The van der Waals surface area contributed by atoms with Crippen molar-refractivity contribution in [3.8, 4) is 11.1 Å². The van der Waals surface area contributed by atoms with Gasteiger partial charge in [-0.05, 0) is 92.3 Å². The van der Waals surface area contributed by atoms with Gasteiger partial charge in [0, 0.05) is 54.3 Å². The second-order valence-electron chi connectivity index (χ2n) is 11.1. The van der Waals surface area contributed by atoms with Gasteiger partial charge in [0.25, 0.3) is 17.4 Å². The molecule has 7 nitrogen and oxygen atoms in total. The Kier molecular flexibility index (Phi) is 6.11. The quantitative estimate of drug-likeness (QED) is 0.540. The third-order valence-electron chi connectivity index (χ3n) is 8.02. The Morgan fingerprint density at radius 2 is 1.73 bits per heavy atom. The maximum atomic E-state index is 13.8. The van der Waals surface area contributed by atoms with Crippen LogP contribution in [0.5, 0.6) is 0 Å². The molecule has 0 atom stereocenters. The number of piperidine rings is 1. The molecule has 3 aliphatic rings. The van der Waals surface area contributed by atoms with Crippen LogP contribution >= 0.6 is 0 Å². The molecule has 3 fully saturated rings. The predicted molar refractivity (Wildman–Crippen MR) is 145 cm³/mol. The van der Waals surface area contributed by atoms with Crippen molar-refractivity contribution in [2.75, 3.05) is 13.1 Å². The van der Waals surface area contributed by atoms with Crippen LogP contribution in [0.25, 0.3) is 21.9 Å². The second-order valence-corrected chi connectivity index (χ2v) is 11.1. The fourth-order valence-corrected chi connectivity index (χ4v) is 5.29. The molecule has 1 saturated heterocycles. The number of carbonyl (C=O) groups is 2. The number of aryl methyl sites for hydroxylation is 1. The van der Waals surface area contributed by atoms with Crippen molar-refractivity contribution in [1.82, 2.24) is 14.8 Å². The molecule has 3 N–H and O–H groups in total. The number of pyridine rings is 1. The highest BCUT2D eigenvalue weighted by Gasteiger charge is 2.27. The van der Waals surface area contributed by atoms with Crippen LogP contribution in [0.2, 0.25) is 0 Å². The molecule has 2 saturated carbocycles. The normalized spacial score (nSPS) is 18.3. The molecule has 37 heavy (non-hydrogen) atoms. The van der Waals surface area contributed by atoms with Crippen LogP contribution in [-0.4, -0.2) is 46.5 Å². The lowest BCUT2D eigenvalue weighted by molar-refractivity contribution is 0.0715. The lowest BCUT2D eigenvalue weighted by Gasteiger charge is -2.30. The summed E-state index contributed by atoms with van der Waals surface area (Å²) in [4.78, 5) is 41.8. The molecule has 1 aliphatic heterocycles. The first-order chi connectivity index (χ1) is 17.9. The first-order valence-electron chi connectivity index (χ1n) is 13.5. The minimum atomic E-state index is -0.0633. The van der Waals surface area contributed by atoms with Gasteiger partial charge in [-0.1, -0.05) is 12.1 Å². The highest BCUT2D eigenvalue weighted by atomic mass is 16.2. The molecular weight excluding hydrogens is 464 g/mol. The molecular formula is C30H34N4O3. The smallest absolute Gasteiger partial charge is 0.258 e. The van der Waals surface area contributed by atoms with Gasteiger partial charge in [-0.15, -0.1) is 0 Å². The zero-order valence-corrected chi connectivity index (χ0v) is 21.3. The number of nitrogens with one attached hydrogen (secondary N) is 1. The maximum Gasteiger partial charge on any atom is 0.258 e. The molecule has 2 aromatic carbocycles. The van der Waals surface area contributed by atoms with E-state index in [9.17, 15) is 14.4 Å². The molecule has 2 amide bonds. The largest absolute Gasteiger partial charge is 0.349 e. The van der Waals surface area contributed by atoms with Crippen LogP contribution in [0.1, 0.15) is 64.8 Å². The lowest BCUT2D eigenvalue weighted by Crippen LogP contribution is -2.43. The van der Waals surface area contributed by atoms with Gasteiger partial charge in [-0.25, -0.2) is 0 Å². The summed E-state index contributed by atoms with van der Waals surface area (Å²) in [5.41, 5.74) is 10.1. The van der Waals surface area contributed by atoms with E-state index < -0.39 is 0 Å². The average molecular weight is 499 g/mol. The van der Waals surface area contributed by atoms with Gasteiger partial charge in [0.15, 0.2) is 0 Å². The Labute approximate surface area is 216 Å². The van der Waals surface area contributed by atoms with Gasteiger partial charge >= 0.3 is 0 Å². The molecule has 7 heteroatoms. The molecule has 0 bridgehead atoms. The van der Waals surface area contributed by atoms with Gasteiger partial charge in [0.2, 0.25) is 0 Å². The zero-order chi connectivity index (χ0) is 25.7. The molecule has 1 aromatic heterocycles. The SMILES string of the molecule is Cc1ccc(C(=O)NC2CC2)cc1-c1ccc2c(=O)n(CC3CC3)cc(C(=O)N3CCC(N)CC3)c2c1. The summed E-state index contributed by atoms with van der Waals surface area (Å²) < 4.78 is 1.73. The number of hydrogen-bond donors (Lipinski definition) is 2. The number of amides is 2. The first kappa shape index (κ1) is 23.9. The molecule has 0 unspecified atom stereocenters. The Balaban J connectivity index is 1.44. The molecule has 0 radical (unpaired) electrons. The van der Waals surface area contributed by atoms with Crippen molar-refractivity contribution in [2.24, 2.45) is 11.7 Å². The third-order valence-corrected chi connectivity index (χ3v) is 8.02. The third kappa shape index (κ3) is 4.92. The highest BCUT2D eigenvalue weighted by Crippen LogP contribution is 2.32. The second kappa shape index (κ2) is 9.45. The summed E-state index contributed by atoms with van der Waals surface area (Å²) in [7, 11) is 0. The van der Waals surface area contributed by atoms with Crippen molar-refractivity contribution in [3.05, 3.63) is 69.6 Å². The predicted octanol–water partition coefficient (Wildman–Crippen LogP) is 3.84. The van der Waals surface area contributed by atoms with Crippen LogP contribution in [0.4, 0.5) is 0 Å². The van der Waals surface area contributed by atoms with Gasteiger partial charge in [-0.2, -0.15) is 0 Å². The minimum Gasteiger partial charge on any atom is -0.349 e. The van der Waals surface area contributed by atoms with Crippen LogP contribution in [0.15, 0.2) is 47.4 Å². The van der Waals surface area contributed by atoms with Crippen molar-refractivity contribution in [3.63, 3.8) is 0 Å². The number of likely N-dealkylation sites (tertiary alicyclic amines) is 1. The van der Waals surface area contributed by atoms with Crippen molar-refractivity contribution in [1.29, 1.82) is 0 Å². The summed E-state index contributed by atoms with van der Waals surface area (Å²) in [5.74, 6) is 0.400. The molecule has 2 aliphatic carbocycles. The van der Waals surface area contributed by atoms with E-state index in [1.807, 2.05) is 48.2 Å². The molecule has 3 aromatic rings. The molecule has 6 rings (SSSR count). The first-order valence-corrected chi connectivity index (χ1v) is 13.5. The number of rotatable bonds is 6. The summed E-state index contributed by atoms with van der Waals surface area (Å²) in [6.07, 6.45) is 7.66. The van der Waals surface area contributed by atoms with E-state index in [1.54, 1.807) is 10.8 Å². The van der Waals surface area contributed by atoms with E-state index in [4.69, 9.17) is 5.73 Å². The average Bonchev–Trinajstić information content (AvgIpc) is 3.83. The lowest BCUT2D eigenvalue weighted by atomic mass is 9.94. The van der Waals surface area contributed by atoms with E-state index in [0.29, 0.717) is 47.5 Å². The van der Waals surface area contributed by atoms with E-state index >= 15 is 0 Å². The fraction of sp³-hybridized carbons (Fsp3) is 0.433. The number of carbonyl (C=O) groups excluding carboxylic acids is 2. The maximum absolute atomic E-state index is 13.8. The topological polar surface area (TPSA) is 97.4 Å². The van der Waals surface area contributed by atoms with Crippen LogP contribution in [0, 0.1) is 12.8 Å². The minimum absolute atomic E-state index is 0.0483. The van der Waals surface area contributed by atoms with Gasteiger partial charge in [-0.3, -0.25) is 14.4 Å². The van der Waals surface area contributed by atoms with Gasteiger partial charge in [0.1, 0.15) is 0 Å². The Hall–Kier alpha value is -3.45. The molecule has 2 heterocycles. The zero-order valence-electron chi connectivity index (χ0n) is 21.3. The molecule has 0 spiro atoms.